The number of halogens is 1. The minimum Gasteiger partial charge on any atom is -0.494 e. The topological polar surface area (TPSA) is 26.3 Å². The Morgan fingerprint density at radius 1 is 1.53 bits per heavy atom. The summed E-state index contributed by atoms with van der Waals surface area (Å²) >= 11 is 9.73. The zero-order valence-electron chi connectivity index (χ0n) is 8.50. The smallest absolute Gasteiger partial charge is 0.151 e. The lowest BCUT2D eigenvalue weighted by atomic mass is 10.1. The second kappa shape index (κ2) is 6.03. The fourth-order valence-electron chi connectivity index (χ4n) is 1.21. The van der Waals surface area contributed by atoms with Gasteiger partial charge in [-0.1, -0.05) is 6.07 Å². The van der Waals surface area contributed by atoms with E-state index in [1.807, 2.05) is 25.1 Å². The van der Waals surface area contributed by atoms with E-state index < -0.39 is 0 Å². The summed E-state index contributed by atoms with van der Waals surface area (Å²) in [6, 6.07) is 5.49. The Labute approximate surface area is 100.0 Å². The summed E-state index contributed by atoms with van der Waals surface area (Å²) in [7, 11) is 0. The largest absolute Gasteiger partial charge is 0.494 e. The Bertz CT molecular complexity index is 352. The molecule has 2 nitrogen and oxygen atoms in total. The molecule has 0 radical (unpaired) electrons. The molecule has 0 heterocycles. The molecule has 15 heavy (non-hydrogen) atoms. The van der Waals surface area contributed by atoms with Gasteiger partial charge in [0, 0.05) is 11.3 Å². The average Bonchev–Trinajstić information content (AvgIpc) is 2.22. The van der Waals surface area contributed by atoms with Crippen LogP contribution in [0.5, 0.6) is 5.75 Å². The molecule has 0 aliphatic heterocycles. The van der Waals surface area contributed by atoms with Crippen molar-refractivity contribution in [3.63, 3.8) is 0 Å². The molecule has 1 rings (SSSR count). The first kappa shape index (κ1) is 12.4. The highest BCUT2D eigenvalue weighted by Gasteiger charge is 2.06. The highest BCUT2D eigenvalue weighted by Crippen LogP contribution is 2.21. The van der Waals surface area contributed by atoms with Crippen LogP contribution in [0.3, 0.4) is 0 Å². The summed E-state index contributed by atoms with van der Waals surface area (Å²) in [5, 5.41) is 0. The van der Waals surface area contributed by atoms with Crippen LogP contribution >= 0.6 is 24.2 Å². The Morgan fingerprint density at radius 3 is 2.80 bits per heavy atom. The number of carbonyl (C=O) groups excluding carboxylic acids is 1. The van der Waals surface area contributed by atoms with Crippen molar-refractivity contribution in [1.82, 2.24) is 0 Å². The van der Waals surface area contributed by atoms with Crippen LogP contribution in [0.4, 0.5) is 0 Å². The van der Waals surface area contributed by atoms with E-state index in [4.69, 9.17) is 16.3 Å². The van der Waals surface area contributed by atoms with Gasteiger partial charge in [0.05, 0.1) is 12.5 Å². The molecular weight excluding hydrogens is 232 g/mol. The Balaban J connectivity index is 2.78. The third-order valence-corrected chi connectivity index (χ3v) is 2.62. The van der Waals surface area contributed by atoms with Gasteiger partial charge < -0.3 is 4.74 Å². The molecule has 0 spiro atoms. The predicted octanol–water partition coefficient (Wildman–Crippen LogP) is 2.72. The molecule has 0 fully saturated rings. The summed E-state index contributed by atoms with van der Waals surface area (Å²) in [5.74, 6) is 0.807. The number of rotatable bonds is 5. The van der Waals surface area contributed by atoms with Crippen LogP contribution in [0.15, 0.2) is 23.1 Å². The van der Waals surface area contributed by atoms with Gasteiger partial charge in [0.1, 0.15) is 5.75 Å². The molecule has 1 aromatic rings. The fraction of sp³-hybridized carbons (Fsp3) is 0.364. The number of Topliss-reactive ketones (excluding diaryl/α,β-unsaturated/α-hetero) is 1. The van der Waals surface area contributed by atoms with Crippen LogP contribution in [-0.2, 0) is 11.2 Å². The lowest BCUT2D eigenvalue weighted by molar-refractivity contribution is -0.116. The first-order valence-corrected chi connectivity index (χ1v) is 5.68. The third-order valence-electron chi connectivity index (χ3n) is 1.90. The zero-order valence-corrected chi connectivity index (χ0v) is 10.1. The van der Waals surface area contributed by atoms with Crippen molar-refractivity contribution >= 4 is 30.0 Å². The molecule has 1 aromatic carbocycles. The minimum atomic E-state index is -0.00359. The molecule has 4 heteroatoms. The first-order valence-electron chi connectivity index (χ1n) is 4.69. The van der Waals surface area contributed by atoms with Crippen molar-refractivity contribution < 1.29 is 9.53 Å². The highest BCUT2D eigenvalue weighted by atomic mass is 35.5. The molecule has 0 saturated carbocycles. The fourth-order valence-corrected chi connectivity index (χ4v) is 1.58. The van der Waals surface area contributed by atoms with Crippen LogP contribution in [-0.4, -0.2) is 18.3 Å². The van der Waals surface area contributed by atoms with Crippen molar-refractivity contribution in [2.24, 2.45) is 0 Å². The summed E-state index contributed by atoms with van der Waals surface area (Å²) in [5.41, 5.74) is 0.882. The molecule has 82 valence electrons. The first-order chi connectivity index (χ1) is 7.17. The van der Waals surface area contributed by atoms with Gasteiger partial charge in [0.2, 0.25) is 0 Å². The van der Waals surface area contributed by atoms with E-state index in [0.717, 1.165) is 16.2 Å². The van der Waals surface area contributed by atoms with Crippen LogP contribution in [0.1, 0.15) is 12.5 Å². The number of alkyl halides is 1. The number of benzene rings is 1. The van der Waals surface area contributed by atoms with Gasteiger partial charge in [0.15, 0.2) is 5.78 Å². The van der Waals surface area contributed by atoms with E-state index in [2.05, 4.69) is 12.6 Å². The highest BCUT2D eigenvalue weighted by molar-refractivity contribution is 7.80. The molecule has 0 amide bonds. The Morgan fingerprint density at radius 2 is 2.27 bits per heavy atom. The quantitative estimate of drug-likeness (QED) is 0.637. The third kappa shape index (κ3) is 3.76. The average molecular weight is 245 g/mol. The monoisotopic (exact) mass is 244 g/mol. The normalized spacial score (nSPS) is 10.1. The maximum Gasteiger partial charge on any atom is 0.151 e. The predicted molar refractivity (Wildman–Crippen MR) is 64.3 cm³/mol. The summed E-state index contributed by atoms with van der Waals surface area (Å²) in [6.45, 7) is 2.54. The van der Waals surface area contributed by atoms with Gasteiger partial charge in [0.25, 0.3) is 0 Å². The maximum absolute atomic E-state index is 11.1. The van der Waals surface area contributed by atoms with Gasteiger partial charge in [-0.3, -0.25) is 4.79 Å². The molecule has 0 aliphatic rings. The second-order valence-electron chi connectivity index (χ2n) is 3.07. The molecule has 0 atom stereocenters. The zero-order chi connectivity index (χ0) is 11.3. The van der Waals surface area contributed by atoms with Gasteiger partial charge in [-0.25, -0.2) is 0 Å². The number of ether oxygens (including phenoxy) is 1. The van der Waals surface area contributed by atoms with E-state index in [1.165, 1.54) is 0 Å². The van der Waals surface area contributed by atoms with Crippen molar-refractivity contribution in [3.8, 4) is 5.75 Å². The van der Waals surface area contributed by atoms with E-state index >= 15 is 0 Å². The van der Waals surface area contributed by atoms with E-state index in [-0.39, 0.29) is 11.7 Å². The summed E-state index contributed by atoms with van der Waals surface area (Å²) in [4.78, 5) is 11.9. The number of carbonyl (C=O) groups is 1. The van der Waals surface area contributed by atoms with Gasteiger partial charge in [-0.2, -0.15) is 0 Å². The molecule has 0 N–H and O–H groups in total. The second-order valence-corrected chi connectivity index (χ2v) is 3.82. The van der Waals surface area contributed by atoms with E-state index in [9.17, 15) is 4.79 Å². The van der Waals surface area contributed by atoms with Crippen molar-refractivity contribution in [1.29, 1.82) is 0 Å². The Hall–Kier alpha value is -0.670. The number of ketones is 1. The number of hydrogen-bond donors (Lipinski definition) is 1. The van der Waals surface area contributed by atoms with Crippen molar-refractivity contribution in [3.05, 3.63) is 23.8 Å². The minimum absolute atomic E-state index is 0.00359. The van der Waals surface area contributed by atoms with Crippen LogP contribution in [0.2, 0.25) is 0 Å². The van der Waals surface area contributed by atoms with Gasteiger partial charge in [-0.05, 0) is 24.6 Å². The lowest BCUT2D eigenvalue weighted by Gasteiger charge is -2.07. The summed E-state index contributed by atoms with van der Waals surface area (Å²) in [6.07, 6.45) is 0.328. The standard InChI is InChI=1S/C11H13ClO2S/c1-2-14-10-4-3-8(11(15)6-10)5-9(13)7-12/h3-4,6,15H,2,5,7H2,1H3. The molecule has 0 bridgehead atoms. The lowest BCUT2D eigenvalue weighted by Crippen LogP contribution is -2.04. The van der Waals surface area contributed by atoms with Gasteiger partial charge in [-0.15, -0.1) is 24.2 Å². The molecule has 0 unspecified atom stereocenters. The van der Waals surface area contributed by atoms with Gasteiger partial charge >= 0.3 is 0 Å². The van der Waals surface area contributed by atoms with E-state index in [1.54, 1.807) is 0 Å². The van der Waals surface area contributed by atoms with Crippen LogP contribution < -0.4 is 4.74 Å². The number of thiol groups is 1. The van der Waals surface area contributed by atoms with Crippen LogP contribution in [0, 0.1) is 0 Å². The summed E-state index contributed by atoms with van der Waals surface area (Å²) < 4.78 is 5.31. The molecule has 0 aliphatic carbocycles. The van der Waals surface area contributed by atoms with E-state index in [0.29, 0.717) is 13.0 Å². The van der Waals surface area contributed by atoms with Crippen LogP contribution in [0.25, 0.3) is 0 Å². The Kier molecular flexibility index (Phi) is 4.99. The van der Waals surface area contributed by atoms with Crippen molar-refractivity contribution in [2.45, 2.75) is 18.2 Å². The maximum atomic E-state index is 11.1. The molecule has 0 saturated heterocycles. The molecular formula is C11H13ClO2S. The molecule has 0 aromatic heterocycles. The SMILES string of the molecule is CCOc1ccc(CC(=O)CCl)c(S)c1. The number of hydrogen-bond acceptors (Lipinski definition) is 3. The van der Waals surface area contributed by atoms with Crippen molar-refractivity contribution in [2.75, 3.05) is 12.5 Å².